The van der Waals surface area contributed by atoms with Crippen molar-refractivity contribution in [3.63, 3.8) is 0 Å². The summed E-state index contributed by atoms with van der Waals surface area (Å²) in [7, 11) is 1.59. The lowest BCUT2D eigenvalue weighted by atomic mass is 10.1. The van der Waals surface area contributed by atoms with Gasteiger partial charge in [0.1, 0.15) is 6.54 Å². The van der Waals surface area contributed by atoms with Crippen LogP contribution in [-0.4, -0.2) is 48.9 Å². The summed E-state index contributed by atoms with van der Waals surface area (Å²) >= 11 is 0. The van der Waals surface area contributed by atoms with E-state index in [2.05, 4.69) is 10.6 Å². The van der Waals surface area contributed by atoms with Gasteiger partial charge in [0.15, 0.2) is 0 Å². The lowest BCUT2D eigenvalue weighted by Gasteiger charge is -2.29. The summed E-state index contributed by atoms with van der Waals surface area (Å²) in [5, 5.41) is 5.61. The van der Waals surface area contributed by atoms with Crippen LogP contribution in [0.25, 0.3) is 0 Å². The number of amides is 4. The third-order valence-corrected chi connectivity index (χ3v) is 4.01. The highest BCUT2D eigenvalue weighted by Gasteiger charge is 2.30. The SMILES string of the molecule is CC(C)CNC(=O)N(C)CC(=O)N1c2ccccc2NC(=O)C[C@H]1C. The average molecular weight is 346 g/mol. The number of carbonyl (C=O) groups is 3. The Morgan fingerprint density at radius 1 is 1.36 bits per heavy atom. The number of nitrogens with one attached hydrogen (secondary N) is 2. The topological polar surface area (TPSA) is 81.8 Å². The number of carbonyl (C=O) groups excluding carboxylic acids is 3. The van der Waals surface area contributed by atoms with Gasteiger partial charge in [-0.2, -0.15) is 0 Å². The van der Waals surface area contributed by atoms with Crippen molar-refractivity contribution >= 4 is 29.2 Å². The number of hydrogen-bond donors (Lipinski definition) is 2. The van der Waals surface area contributed by atoms with Gasteiger partial charge in [0.25, 0.3) is 0 Å². The first-order valence-corrected chi connectivity index (χ1v) is 8.49. The van der Waals surface area contributed by atoms with Crippen molar-refractivity contribution in [1.29, 1.82) is 0 Å². The summed E-state index contributed by atoms with van der Waals surface area (Å²) in [6, 6.07) is 6.62. The van der Waals surface area contributed by atoms with Gasteiger partial charge in [-0.25, -0.2) is 4.79 Å². The summed E-state index contributed by atoms with van der Waals surface area (Å²) in [5.74, 6) is -0.0143. The third kappa shape index (κ3) is 4.71. The van der Waals surface area contributed by atoms with E-state index in [1.807, 2.05) is 32.9 Å². The molecule has 136 valence electrons. The van der Waals surface area contributed by atoms with Crippen molar-refractivity contribution in [2.24, 2.45) is 5.92 Å². The first-order valence-electron chi connectivity index (χ1n) is 8.49. The van der Waals surface area contributed by atoms with Crippen LogP contribution in [0, 0.1) is 5.92 Å². The minimum Gasteiger partial charge on any atom is -0.338 e. The van der Waals surface area contributed by atoms with Gasteiger partial charge >= 0.3 is 6.03 Å². The van der Waals surface area contributed by atoms with Crippen LogP contribution in [0.15, 0.2) is 24.3 Å². The van der Waals surface area contributed by atoms with Crippen LogP contribution in [0.1, 0.15) is 27.2 Å². The second-order valence-electron chi connectivity index (χ2n) is 6.82. The van der Waals surface area contributed by atoms with Gasteiger partial charge in [-0.15, -0.1) is 0 Å². The summed E-state index contributed by atoms with van der Waals surface area (Å²) < 4.78 is 0. The number of para-hydroxylation sites is 2. The van der Waals surface area contributed by atoms with Crippen LogP contribution in [0.4, 0.5) is 16.2 Å². The van der Waals surface area contributed by atoms with E-state index >= 15 is 0 Å². The van der Waals surface area contributed by atoms with Crippen molar-refractivity contribution in [3.05, 3.63) is 24.3 Å². The summed E-state index contributed by atoms with van der Waals surface area (Å²) in [5.41, 5.74) is 1.26. The van der Waals surface area contributed by atoms with E-state index < -0.39 is 0 Å². The molecule has 0 bridgehead atoms. The summed E-state index contributed by atoms with van der Waals surface area (Å²) in [6.07, 6.45) is 0.212. The van der Waals surface area contributed by atoms with E-state index in [1.54, 1.807) is 24.1 Å². The zero-order valence-electron chi connectivity index (χ0n) is 15.2. The van der Waals surface area contributed by atoms with Gasteiger partial charge in [-0.05, 0) is 25.0 Å². The number of fused-ring (bicyclic) bond motifs is 1. The highest BCUT2D eigenvalue weighted by atomic mass is 16.2. The molecule has 0 aliphatic carbocycles. The first-order chi connectivity index (χ1) is 11.8. The summed E-state index contributed by atoms with van der Waals surface area (Å²) in [4.78, 5) is 39.9. The van der Waals surface area contributed by atoms with E-state index in [9.17, 15) is 14.4 Å². The number of likely N-dealkylation sites (N-methyl/N-ethyl adjacent to an activating group) is 1. The van der Waals surface area contributed by atoms with Crippen molar-refractivity contribution in [1.82, 2.24) is 10.2 Å². The van der Waals surface area contributed by atoms with Crippen molar-refractivity contribution < 1.29 is 14.4 Å². The van der Waals surface area contributed by atoms with Gasteiger partial charge in [0.05, 0.1) is 11.4 Å². The van der Waals surface area contributed by atoms with Crippen LogP contribution in [-0.2, 0) is 9.59 Å². The minimum atomic E-state index is -0.289. The molecule has 1 aliphatic rings. The normalized spacial score (nSPS) is 16.8. The van der Waals surface area contributed by atoms with Gasteiger partial charge in [-0.3, -0.25) is 9.59 Å². The lowest BCUT2D eigenvalue weighted by molar-refractivity contribution is -0.119. The highest BCUT2D eigenvalue weighted by Crippen LogP contribution is 2.31. The molecule has 0 aromatic heterocycles. The molecule has 0 radical (unpaired) electrons. The van der Waals surface area contributed by atoms with Crippen LogP contribution in [0.3, 0.4) is 0 Å². The Labute approximate surface area is 148 Å². The van der Waals surface area contributed by atoms with Gasteiger partial charge < -0.3 is 20.4 Å². The third-order valence-electron chi connectivity index (χ3n) is 4.01. The van der Waals surface area contributed by atoms with E-state index in [0.29, 0.717) is 23.8 Å². The molecule has 0 unspecified atom stereocenters. The lowest BCUT2D eigenvalue weighted by Crippen LogP contribution is -2.48. The Morgan fingerprint density at radius 3 is 2.72 bits per heavy atom. The molecule has 2 N–H and O–H groups in total. The van der Waals surface area contributed by atoms with Crippen molar-refractivity contribution in [2.45, 2.75) is 33.2 Å². The summed E-state index contributed by atoms with van der Waals surface area (Å²) in [6.45, 7) is 6.34. The predicted octanol–water partition coefficient (Wildman–Crippen LogP) is 2.05. The first kappa shape index (κ1) is 18.8. The van der Waals surface area contributed by atoms with Crippen molar-refractivity contribution in [3.8, 4) is 0 Å². The molecule has 7 nitrogen and oxygen atoms in total. The molecular weight excluding hydrogens is 320 g/mol. The monoisotopic (exact) mass is 346 g/mol. The molecule has 0 saturated heterocycles. The number of hydrogen-bond acceptors (Lipinski definition) is 3. The molecule has 25 heavy (non-hydrogen) atoms. The fraction of sp³-hybridized carbons (Fsp3) is 0.500. The maximum atomic E-state index is 12.8. The fourth-order valence-electron chi connectivity index (χ4n) is 2.75. The largest absolute Gasteiger partial charge is 0.338 e. The van der Waals surface area contributed by atoms with Gasteiger partial charge in [-0.1, -0.05) is 26.0 Å². The Bertz CT molecular complexity index is 659. The molecule has 2 rings (SSSR count). The Balaban J connectivity index is 2.14. The molecule has 1 aromatic carbocycles. The molecule has 1 heterocycles. The quantitative estimate of drug-likeness (QED) is 0.875. The number of benzene rings is 1. The Hall–Kier alpha value is -2.57. The zero-order valence-corrected chi connectivity index (χ0v) is 15.2. The standard InChI is InChI=1S/C18H26N4O3/c1-12(2)10-19-18(25)21(4)11-17(24)22-13(3)9-16(23)20-14-7-5-6-8-15(14)22/h5-8,12-13H,9-11H2,1-4H3,(H,19,25)(H,20,23)/t13-/m1/s1. The maximum Gasteiger partial charge on any atom is 0.317 e. The highest BCUT2D eigenvalue weighted by molar-refractivity contribution is 6.05. The second kappa shape index (κ2) is 8.00. The molecule has 0 saturated carbocycles. The maximum absolute atomic E-state index is 12.8. The van der Waals surface area contributed by atoms with Crippen LogP contribution < -0.4 is 15.5 Å². The minimum absolute atomic E-state index is 0.0587. The van der Waals surface area contributed by atoms with Crippen LogP contribution in [0.5, 0.6) is 0 Å². The van der Waals surface area contributed by atoms with Crippen molar-refractivity contribution in [2.75, 3.05) is 30.4 Å². The predicted molar refractivity (Wildman–Crippen MR) is 97.5 cm³/mol. The second-order valence-corrected chi connectivity index (χ2v) is 6.82. The zero-order chi connectivity index (χ0) is 18.6. The van der Waals surface area contributed by atoms with E-state index in [4.69, 9.17) is 0 Å². The fourth-order valence-corrected chi connectivity index (χ4v) is 2.75. The van der Waals surface area contributed by atoms with Gasteiger partial charge in [0.2, 0.25) is 11.8 Å². The Morgan fingerprint density at radius 2 is 2.04 bits per heavy atom. The molecule has 1 aliphatic heterocycles. The number of anilines is 2. The molecule has 1 atom stereocenters. The molecule has 1 aromatic rings. The molecular formula is C18H26N4O3. The number of rotatable bonds is 4. The number of nitrogens with zero attached hydrogens (tertiary/aromatic N) is 2. The Kier molecular flexibility index (Phi) is 6.01. The van der Waals surface area contributed by atoms with E-state index in [-0.39, 0.29) is 36.9 Å². The smallest absolute Gasteiger partial charge is 0.317 e. The van der Waals surface area contributed by atoms with Gasteiger partial charge in [0, 0.05) is 26.1 Å². The number of urea groups is 1. The van der Waals surface area contributed by atoms with E-state index in [0.717, 1.165) is 0 Å². The van der Waals surface area contributed by atoms with E-state index in [1.165, 1.54) is 4.90 Å². The van der Waals surface area contributed by atoms with Crippen LogP contribution in [0.2, 0.25) is 0 Å². The average Bonchev–Trinajstić information content (AvgIpc) is 2.66. The molecule has 7 heteroatoms. The van der Waals surface area contributed by atoms with Crippen LogP contribution >= 0.6 is 0 Å². The molecule has 0 fully saturated rings. The molecule has 0 spiro atoms. The molecule has 4 amide bonds.